The summed E-state index contributed by atoms with van der Waals surface area (Å²) >= 11 is 0. The summed E-state index contributed by atoms with van der Waals surface area (Å²) in [5.74, 6) is -0.486. The van der Waals surface area contributed by atoms with Crippen LogP contribution in [0.5, 0.6) is 0 Å². The van der Waals surface area contributed by atoms with Gasteiger partial charge in [0.05, 0.1) is 16.9 Å². The first kappa shape index (κ1) is 13.5. The molecule has 2 aromatic heterocycles. The van der Waals surface area contributed by atoms with E-state index in [0.717, 1.165) is 34.3 Å². The minimum atomic E-state index is -0.486. The van der Waals surface area contributed by atoms with Crippen molar-refractivity contribution >= 4 is 16.6 Å². The van der Waals surface area contributed by atoms with E-state index in [9.17, 15) is 4.39 Å². The van der Waals surface area contributed by atoms with Crippen LogP contribution in [0.4, 0.5) is 10.1 Å². The molecule has 0 saturated carbocycles. The predicted octanol–water partition coefficient (Wildman–Crippen LogP) is 4.04. The maximum absolute atomic E-state index is 13.0. The van der Waals surface area contributed by atoms with Crippen LogP contribution in [-0.4, -0.2) is 17.0 Å². The fraction of sp³-hybridized carbons (Fsp3) is 0.176. The van der Waals surface area contributed by atoms with E-state index in [1.807, 2.05) is 13.1 Å². The molecule has 106 valence electrons. The molecule has 0 aliphatic heterocycles. The number of benzene rings is 1. The van der Waals surface area contributed by atoms with E-state index in [1.165, 1.54) is 17.8 Å². The highest BCUT2D eigenvalue weighted by molar-refractivity contribution is 5.90. The summed E-state index contributed by atoms with van der Waals surface area (Å²) in [5.41, 5.74) is 4.68. The van der Waals surface area contributed by atoms with Gasteiger partial charge < -0.3 is 5.32 Å². The zero-order valence-electron chi connectivity index (χ0n) is 12.0. The van der Waals surface area contributed by atoms with E-state index in [2.05, 4.69) is 35.4 Å². The molecule has 21 heavy (non-hydrogen) atoms. The highest BCUT2D eigenvalue weighted by atomic mass is 19.1. The zero-order chi connectivity index (χ0) is 14.8. The molecule has 3 nitrogen and oxygen atoms in total. The van der Waals surface area contributed by atoms with Gasteiger partial charge in [-0.05, 0) is 30.2 Å². The average Bonchev–Trinajstić information content (AvgIpc) is 2.53. The normalized spacial score (nSPS) is 10.8. The first-order valence-corrected chi connectivity index (χ1v) is 6.95. The molecule has 0 aliphatic carbocycles. The lowest BCUT2D eigenvalue weighted by Crippen LogP contribution is -1.98. The fourth-order valence-corrected chi connectivity index (χ4v) is 2.47. The SMILES string of the molecule is CCc1cccc2cc(NC)c(-c3ccc(F)nc3)nc12. The lowest BCUT2D eigenvalue weighted by molar-refractivity contribution is 0.584. The van der Waals surface area contributed by atoms with E-state index < -0.39 is 5.95 Å². The Morgan fingerprint density at radius 2 is 2.05 bits per heavy atom. The Bertz CT molecular complexity index is 782. The van der Waals surface area contributed by atoms with Crippen LogP contribution >= 0.6 is 0 Å². The molecule has 3 rings (SSSR count). The number of fused-ring (bicyclic) bond motifs is 1. The molecule has 0 saturated heterocycles. The first-order chi connectivity index (χ1) is 10.2. The number of aromatic nitrogens is 2. The quantitative estimate of drug-likeness (QED) is 0.736. The second kappa shape index (κ2) is 5.48. The van der Waals surface area contributed by atoms with Crippen molar-refractivity contribution in [2.24, 2.45) is 0 Å². The Hall–Kier alpha value is -2.49. The second-order valence-electron chi connectivity index (χ2n) is 4.85. The summed E-state index contributed by atoms with van der Waals surface area (Å²) in [6.45, 7) is 2.11. The Morgan fingerprint density at radius 3 is 2.71 bits per heavy atom. The van der Waals surface area contributed by atoms with Crippen molar-refractivity contribution in [3.05, 3.63) is 54.1 Å². The Balaban J connectivity index is 2.27. The number of hydrogen-bond acceptors (Lipinski definition) is 3. The van der Waals surface area contributed by atoms with Crippen molar-refractivity contribution in [1.82, 2.24) is 9.97 Å². The van der Waals surface area contributed by atoms with Crippen molar-refractivity contribution in [2.45, 2.75) is 13.3 Å². The van der Waals surface area contributed by atoms with Gasteiger partial charge in [-0.2, -0.15) is 4.39 Å². The van der Waals surface area contributed by atoms with E-state index in [4.69, 9.17) is 4.98 Å². The molecule has 0 aliphatic rings. The first-order valence-electron chi connectivity index (χ1n) is 6.95. The summed E-state index contributed by atoms with van der Waals surface area (Å²) in [5, 5.41) is 4.25. The highest BCUT2D eigenvalue weighted by Gasteiger charge is 2.10. The molecular weight excluding hydrogens is 265 g/mol. The summed E-state index contributed by atoms with van der Waals surface area (Å²) in [6.07, 6.45) is 2.43. The van der Waals surface area contributed by atoms with Crippen LogP contribution in [0, 0.1) is 5.95 Å². The molecule has 0 atom stereocenters. The summed E-state index contributed by atoms with van der Waals surface area (Å²) in [7, 11) is 1.85. The minimum Gasteiger partial charge on any atom is -0.386 e. The minimum absolute atomic E-state index is 0.486. The van der Waals surface area contributed by atoms with Gasteiger partial charge in [0.2, 0.25) is 5.95 Å². The molecule has 2 heterocycles. The van der Waals surface area contributed by atoms with Gasteiger partial charge in [0.15, 0.2) is 0 Å². The van der Waals surface area contributed by atoms with Crippen LogP contribution in [0.25, 0.3) is 22.2 Å². The third-order valence-electron chi connectivity index (χ3n) is 3.58. The largest absolute Gasteiger partial charge is 0.386 e. The van der Waals surface area contributed by atoms with Crippen molar-refractivity contribution in [3.8, 4) is 11.3 Å². The van der Waals surface area contributed by atoms with E-state index in [0.29, 0.717) is 0 Å². The molecule has 0 fully saturated rings. The van der Waals surface area contributed by atoms with Crippen molar-refractivity contribution in [2.75, 3.05) is 12.4 Å². The molecule has 0 bridgehead atoms. The van der Waals surface area contributed by atoms with E-state index in [-0.39, 0.29) is 0 Å². The molecule has 0 unspecified atom stereocenters. The standard InChI is InChI=1S/C17H16FN3/c1-3-11-5-4-6-12-9-14(19-2)17(21-16(11)12)13-7-8-15(18)20-10-13/h4-10,19H,3H2,1-2H3. The van der Waals surface area contributed by atoms with Gasteiger partial charge in [0.25, 0.3) is 0 Å². The number of para-hydroxylation sites is 1. The molecule has 0 amide bonds. The molecule has 1 aromatic carbocycles. The number of aryl methyl sites for hydroxylation is 1. The van der Waals surface area contributed by atoms with Crippen molar-refractivity contribution in [3.63, 3.8) is 0 Å². The lowest BCUT2D eigenvalue weighted by Gasteiger charge is -2.12. The lowest BCUT2D eigenvalue weighted by atomic mass is 10.0. The van der Waals surface area contributed by atoms with Gasteiger partial charge in [-0.25, -0.2) is 9.97 Å². The number of halogens is 1. The zero-order valence-corrected chi connectivity index (χ0v) is 12.0. The monoisotopic (exact) mass is 281 g/mol. The molecule has 4 heteroatoms. The van der Waals surface area contributed by atoms with E-state index in [1.54, 1.807) is 6.07 Å². The Kier molecular flexibility index (Phi) is 3.52. The number of nitrogens with one attached hydrogen (secondary N) is 1. The summed E-state index contributed by atoms with van der Waals surface area (Å²) < 4.78 is 13.0. The van der Waals surface area contributed by atoms with E-state index >= 15 is 0 Å². The number of hydrogen-bond donors (Lipinski definition) is 1. The smallest absolute Gasteiger partial charge is 0.212 e. The Morgan fingerprint density at radius 1 is 1.19 bits per heavy atom. The molecule has 0 radical (unpaired) electrons. The van der Waals surface area contributed by atoms with Gasteiger partial charge in [0, 0.05) is 24.2 Å². The molecule has 3 aromatic rings. The van der Waals surface area contributed by atoms with Crippen molar-refractivity contribution in [1.29, 1.82) is 0 Å². The summed E-state index contributed by atoms with van der Waals surface area (Å²) in [6, 6.07) is 11.3. The second-order valence-corrected chi connectivity index (χ2v) is 4.85. The predicted molar refractivity (Wildman–Crippen MR) is 83.9 cm³/mol. The van der Waals surface area contributed by atoms with Crippen LogP contribution in [-0.2, 0) is 6.42 Å². The number of anilines is 1. The van der Waals surface area contributed by atoms with Gasteiger partial charge in [-0.1, -0.05) is 25.1 Å². The van der Waals surface area contributed by atoms with Crippen LogP contribution < -0.4 is 5.32 Å². The average molecular weight is 281 g/mol. The molecule has 0 spiro atoms. The topological polar surface area (TPSA) is 37.8 Å². The molecule has 1 N–H and O–H groups in total. The maximum Gasteiger partial charge on any atom is 0.212 e. The van der Waals surface area contributed by atoms with Crippen molar-refractivity contribution < 1.29 is 4.39 Å². The van der Waals surface area contributed by atoms with Gasteiger partial charge >= 0.3 is 0 Å². The van der Waals surface area contributed by atoms with Gasteiger partial charge in [-0.15, -0.1) is 0 Å². The summed E-state index contributed by atoms with van der Waals surface area (Å²) in [4.78, 5) is 8.51. The molecular formula is C17H16FN3. The van der Waals surface area contributed by atoms with Crippen LogP contribution in [0.3, 0.4) is 0 Å². The van der Waals surface area contributed by atoms with Crippen LogP contribution in [0.1, 0.15) is 12.5 Å². The van der Waals surface area contributed by atoms with Gasteiger partial charge in [-0.3, -0.25) is 0 Å². The highest BCUT2D eigenvalue weighted by Crippen LogP contribution is 2.30. The van der Waals surface area contributed by atoms with Crippen LogP contribution in [0.2, 0.25) is 0 Å². The Labute approximate surface area is 122 Å². The number of nitrogens with zero attached hydrogens (tertiary/aromatic N) is 2. The van der Waals surface area contributed by atoms with Gasteiger partial charge in [0.1, 0.15) is 0 Å². The van der Waals surface area contributed by atoms with Crippen LogP contribution in [0.15, 0.2) is 42.6 Å². The maximum atomic E-state index is 13.0. The third-order valence-corrected chi connectivity index (χ3v) is 3.58. The fourth-order valence-electron chi connectivity index (χ4n) is 2.47. The number of rotatable bonds is 3. The number of pyridine rings is 2. The third kappa shape index (κ3) is 2.44.